The molecule has 1 aliphatic carbocycles. The Bertz CT molecular complexity index is 899. The van der Waals surface area contributed by atoms with Crippen LogP contribution in [0.25, 0.3) is 21.9 Å². The van der Waals surface area contributed by atoms with E-state index in [0.29, 0.717) is 5.92 Å². The quantitative estimate of drug-likeness (QED) is 0.360. The number of hydrogen-bond acceptors (Lipinski definition) is 0. The van der Waals surface area contributed by atoms with Gasteiger partial charge in [-0.1, -0.05) is 61.5 Å². The second kappa shape index (κ2) is 10.9. The van der Waals surface area contributed by atoms with Crippen LogP contribution in [0, 0.1) is 0 Å². The zero-order valence-electron chi connectivity index (χ0n) is 15.2. The van der Waals surface area contributed by atoms with Crippen molar-refractivity contribution in [3.05, 3.63) is 102 Å². The molecule has 0 nitrogen and oxygen atoms in total. The van der Waals surface area contributed by atoms with Crippen LogP contribution in [0.15, 0.2) is 91.0 Å². The first-order chi connectivity index (χ1) is 11.9. The monoisotopic (exact) mass is 469 g/mol. The molecule has 0 aromatic heterocycles. The molecule has 27 heavy (non-hydrogen) atoms. The van der Waals surface area contributed by atoms with Crippen LogP contribution in [0.5, 0.6) is 0 Å². The molecule has 1 radical (unpaired) electrons. The molecule has 0 bridgehead atoms. The van der Waals surface area contributed by atoms with Crippen LogP contribution in [0.3, 0.4) is 0 Å². The fourth-order valence-corrected chi connectivity index (χ4v) is 3.77. The van der Waals surface area contributed by atoms with Crippen molar-refractivity contribution < 1.29 is 51.0 Å². The van der Waals surface area contributed by atoms with E-state index in [4.69, 9.17) is 0 Å². The predicted octanol–water partition coefficient (Wildman–Crippen LogP) is 0.773. The first kappa shape index (κ1) is 23.8. The molecule has 0 amide bonds. The van der Waals surface area contributed by atoms with Gasteiger partial charge in [0.1, 0.15) is 0 Å². The van der Waals surface area contributed by atoms with Gasteiger partial charge in [-0.05, 0) is 28.7 Å². The molecule has 0 saturated heterocycles. The van der Waals surface area contributed by atoms with Gasteiger partial charge in [0.05, 0.1) is 0 Å². The van der Waals surface area contributed by atoms with E-state index in [0.717, 1.165) is 0 Å². The molecular formula is C24H21Cl2Zr. The van der Waals surface area contributed by atoms with E-state index >= 15 is 0 Å². The van der Waals surface area contributed by atoms with Crippen LogP contribution in [-0.2, 0) is 26.2 Å². The molecule has 1 aliphatic rings. The summed E-state index contributed by atoms with van der Waals surface area (Å²) in [4.78, 5) is 0. The van der Waals surface area contributed by atoms with Crippen LogP contribution < -0.4 is 24.8 Å². The van der Waals surface area contributed by atoms with E-state index < -0.39 is 0 Å². The predicted molar refractivity (Wildman–Crippen MR) is 104 cm³/mol. The molecule has 0 aliphatic heterocycles. The van der Waals surface area contributed by atoms with Crippen molar-refractivity contribution in [2.24, 2.45) is 0 Å². The van der Waals surface area contributed by atoms with Gasteiger partial charge in [-0.25, -0.2) is 0 Å². The van der Waals surface area contributed by atoms with Gasteiger partial charge in [0.2, 0.25) is 0 Å². The van der Waals surface area contributed by atoms with Crippen molar-refractivity contribution in [2.45, 2.75) is 19.3 Å². The van der Waals surface area contributed by atoms with Gasteiger partial charge in [-0.3, -0.25) is 0 Å². The van der Waals surface area contributed by atoms with Gasteiger partial charge in [0, 0.05) is 5.92 Å². The number of halogens is 2. The standard InChI is InChI=1S/C15H14.C9H7.2ClH.Zr/c1-2-11-12-7-3-5-9-14(12)15-10-6-4-8-13(11)15;1-2-5-9-7-3-6-8(9)4-1;;;/h3-11H,2H2,1H3;1-7H;2*1H;/q;-1;;;+3/p-2. The number of rotatable bonds is 1. The van der Waals surface area contributed by atoms with Crippen molar-refractivity contribution in [1.82, 2.24) is 0 Å². The Kier molecular flexibility index (Phi) is 9.61. The van der Waals surface area contributed by atoms with Crippen LogP contribution in [-0.4, -0.2) is 0 Å². The third-order valence-corrected chi connectivity index (χ3v) is 4.92. The van der Waals surface area contributed by atoms with Crippen LogP contribution in [0.2, 0.25) is 0 Å². The third-order valence-electron chi connectivity index (χ3n) is 4.92. The summed E-state index contributed by atoms with van der Waals surface area (Å²) in [5.74, 6) is 0.609. The Balaban J connectivity index is 0.000000266. The van der Waals surface area contributed by atoms with Crippen molar-refractivity contribution in [3.63, 3.8) is 0 Å². The number of hydrogen-bond donors (Lipinski definition) is 0. The normalized spacial score (nSPS) is 11.0. The van der Waals surface area contributed by atoms with E-state index in [1.165, 1.54) is 39.4 Å². The SMILES string of the molecule is CCC1c2ccccc2-c2ccccc21.[Cl-].[Cl-].[Zr+3].c1ccc2[cH-]ccc2c1. The van der Waals surface area contributed by atoms with Gasteiger partial charge in [-0.2, -0.15) is 17.5 Å². The third kappa shape index (κ3) is 4.78. The fourth-order valence-electron chi connectivity index (χ4n) is 3.77. The van der Waals surface area contributed by atoms with Crippen molar-refractivity contribution in [1.29, 1.82) is 0 Å². The zero-order valence-corrected chi connectivity index (χ0v) is 19.2. The molecule has 0 spiro atoms. The summed E-state index contributed by atoms with van der Waals surface area (Å²) in [5.41, 5.74) is 5.86. The Hall–Kier alpha value is -1.27. The Morgan fingerprint density at radius 3 is 1.78 bits per heavy atom. The van der Waals surface area contributed by atoms with Gasteiger partial charge in [-0.15, -0.1) is 29.7 Å². The number of fused-ring (bicyclic) bond motifs is 4. The van der Waals surface area contributed by atoms with Crippen LogP contribution >= 0.6 is 0 Å². The minimum absolute atomic E-state index is 0. The molecule has 3 heteroatoms. The summed E-state index contributed by atoms with van der Waals surface area (Å²) in [7, 11) is 0. The smallest absolute Gasteiger partial charge is 1.00 e. The summed E-state index contributed by atoms with van der Waals surface area (Å²) in [6, 6.07) is 32.2. The Morgan fingerprint density at radius 1 is 0.704 bits per heavy atom. The minimum atomic E-state index is 0. The van der Waals surface area contributed by atoms with E-state index in [2.05, 4.69) is 97.9 Å². The summed E-state index contributed by atoms with van der Waals surface area (Å²) < 4.78 is 0. The molecule has 0 saturated carbocycles. The average Bonchev–Trinajstić information content (AvgIpc) is 3.24. The fraction of sp³-hybridized carbons (Fsp3) is 0.125. The molecule has 0 atom stereocenters. The zero-order chi connectivity index (χ0) is 16.4. The molecule has 4 aromatic carbocycles. The van der Waals surface area contributed by atoms with Crippen molar-refractivity contribution in [2.75, 3.05) is 0 Å². The second-order valence-electron chi connectivity index (χ2n) is 6.29. The Labute approximate surface area is 193 Å². The molecule has 5 rings (SSSR count). The van der Waals surface area contributed by atoms with Gasteiger partial charge < -0.3 is 24.8 Å². The van der Waals surface area contributed by atoms with E-state index in [1.807, 2.05) is 0 Å². The summed E-state index contributed by atoms with van der Waals surface area (Å²) in [6.45, 7) is 2.27. The van der Waals surface area contributed by atoms with E-state index in [-0.39, 0.29) is 51.0 Å². The van der Waals surface area contributed by atoms with Gasteiger partial charge in [0.15, 0.2) is 0 Å². The van der Waals surface area contributed by atoms with Gasteiger partial charge >= 0.3 is 26.2 Å². The minimum Gasteiger partial charge on any atom is -1.00 e. The molecular weight excluding hydrogens is 450 g/mol. The Morgan fingerprint density at radius 2 is 1.22 bits per heavy atom. The topological polar surface area (TPSA) is 0 Å². The van der Waals surface area contributed by atoms with Gasteiger partial charge in [0.25, 0.3) is 0 Å². The van der Waals surface area contributed by atoms with Crippen molar-refractivity contribution >= 4 is 10.8 Å². The maximum absolute atomic E-state index is 2.27. The average molecular weight is 472 g/mol. The summed E-state index contributed by atoms with van der Waals surface area (Å²) in [6.07, 6.45) is 1.19. The molecule has 135 valence electrons. The first-order valence-electron chi connectivity index (χ1n) is 8.67. The van der Waals surface area contributed by atoms with Crippen molar-refractivity contribution in [3.8, 4) is 11.1 Å². The maximum Gasteiger partial charge on any atom is 3.00 e. The summed E-state index contributed by atoms with van der Waals surface area (Å²) >= 11 is 0. The maximum atomic E-state index is 2.27. The molecule has 0 fully saturated rings. The summed E-state index contributed by atoms with van der Waals surface area (Å²) in [5, 5.41) is 2.66. The second-order valence-corrected chi connectivity index (χ2v) is 6.29. The first-order valence-corrected chi connectivity index (χ1v) is 8.67. The molecule has 0 N–H and O–H groups in total. The molecule has 4 aromatic rings. The number of benzene rings is 3. The van der Waals surface area contributed by atoms with Crippen LogP contribution in [0.1, 0.15) is 30.4 Å². The molecule has 0 unspecified atom stereocenters. The van der Waals surface area contributed by atoms with E-state index in [1.54, 1.807) is 0 Å². The molecule has 0 heterocycles. The van der Waals surface area contributed by atoms with E-state index in [9.17, 15) is 0 Å². The van der Waals surface area contributed by atoms with Crippen LogP contribution in [0.4, 0.5) is 0 Å². The largest absolute Gasteiger partial charge is 3.00 e.